The lowest BCUT2D eigenvalue weighted by molar-refractivity contribution is 0.0645. The molecule has 1 saturated heterocycles. The smallest absolute Gasteiger partial charge is 0.223 e. The van der Waals surface area contributed by atoms with Gasteiger partial charge < -0.3 is 20.5 Å². The number of methoxy groups -OCH3 is 1. The number of aromatic nitrogens is 6. The van der Waals surface area contributed by atoms with E-state index in [1.807, 2.05) is 31.6 Å². The van der Waals surface area contributed by atoms with Crippen LogP contribution in [0, 0.1) is 18.7 Å². The number of nitrogens with zero attached hydrogens (tertiary/aromatic N) is 7. The Balaban J connectivity index is 1.54. The van der Waals surface area contributed by atoms with Crippen LogP contribution in [0.1, 0.15) is 51.6 Å². The third-order valence-corrected chi connectivity index (χ3v) is 7.42. The molecule has 0 unspecified atom stereocenters. The second kappa shape index (κ2) is 8.58. The predicted octanol–water partition coefficient (Wildman–Crippen LogP) is 3.26. The van der Waals surface area contributed by atoms with Gasteiger partial charge in [-0.25, -0.2) is 14.4 Å². The number of nitrogen functional groups attached to an aromatic ring is 1. The van der Waals surface area contributed by atoms with Gasteiger partial charge in [-0.15, -0.1) is 5.10 Å². The Labute approximate surface area is 208 Å². The summed E-state index contributed by atoms with van der Waals surface area (Å²) in [6, 6.07) is 2.67. The first-order valence-corrected chi connectivity index (χ1v) is 12.2. The van der Waals surface area contributed by atoms with E-state index in [1.165, 1.54) is 23.8 Å². The lowest BCUT2D eigenvalue weighted by Crippen LogP contribution is -2.39. The summed E-state index contributed by atoms with van der Waals surface area (Å²) in [5.74, 6) is 1.08. The Bertz CT molecular complexity index is 1440. The molecule has 0 radical (unpaired) electrons. The number of piperidine rings is 1. The first-order valence-electron chi connectivity index (χ1n) is 12.2. The normalized spacial score (nSPS) is 19.8. The highest BCUT2D eigenvalue weighted by Gasteiger charge is 2.33. The van der Waals surface area contributed by atoms with Crippen LogP contribution in [0.2, 0.25) is 0 Å². The fourth-order valence-corrected chi connectivity index (χ4v) is 5.00. The van der Waals surface area contributed by atoms with Gasteiger partial charge in [0.2, 0.25) is 5.95 Å². The summed E-state index contributed by atoms with van der Waals surface area (Å²) in [6.07, 6.45) is 2.36. The van der Waals surface area contributed by atoms with Crippen LogP contribution >= 0.6 is 0 Å². The Morgan fingerprint density at radius 2 is 1.97 bits per heavy atom. The highest BCUT2D eigenvalue weighted by Crippen LogP contribution is 2.35. The first kappa shape index (κ1) is 24.2. The van der Waals surface area contributed by atoms with Crippen LogP contribution < -0.4 is 15.4 Å². The minimum Gasteiger partial charge on any atom is -0.494 e. The van der Waals surface area contributed by atoms with Crippen LogP contribution in [0.25, 0.3) is 16.6 Å². The molecule has 0 spiro atoms. The average Bonchev–Trinajstić information content (AvgIpc) is 3.44. The molecule has 3 N–H and O–H groups in total. The summed E-state index contributed by atoms with van der Waals surface area (Å²) >= 11 is 0. The number of rotatable bonds is 5. The zero-order chi connectivity index (χ0) is 25.9. The van der Waals surface area contributed by atoms with E-state index in [1.54, 1.807) is 6.92 Å². The molecule has 1 aliphatic heterocycles. The zero-order valence-corrected chi connectivity index (χ0v) is 21.5. The molecule has 192 valence electrons. The Hall–Kier alpha value is -3.47. The number of aryl methyl sites for hydroxylation is 1. The summed E-state index contributed by atoms with van der Waals surface area (Å²) in [6.45, 7) is 11.5. The van der Waals surface area contributed by atoms with Crippen LogP contribution in [0.3, 0.4) is 0 Å². The van der Waals surface area contributed by atoms with Crippen LogP contribution in [-0.4, -0.2) is 60.8 Å². The summed E-state index contributed by atoms with van der Waals surface area (Å²) < 4.78 is 23.0. The third-order valence-electron chi connectivity index (χ3n) is 7.42. The Morgan fingerprint density at radius 1 is 1.22 bits per heavy atom. The minimum absolute atomic E-state index is 0.0334. The van der Waals surface area contributed by atoms with E-state index in [4.69, 9.17) is 25.7 Å². The molecule has 0 bridgehead atoms. The van der Waals surface area contributed by atoms with Gasteiger partial charge >= 0.3 is 0 Å². The lowest BCUT2D eigenvalue weighted by atomic mass is 9.89. The third kappa shape index (κ3) is 3.91. The quantitative estimate of drug-likeness (QED) is 0.432. The number of benzene rings is 1. The maximum Gasteiger partial charge on any atom is 0.223 e. The molecule has 0 amide bonds. The second-order valence-electron chi connectivity index (χ2n) is 10.5. The van der Waals surface area contributed by atoms with Gasteiger partial charge in [-0.2, -0.15) is 9.61 Å². The number of aliphatic hydroxyl groups is 1. The van der Waals surface area contributed by atoms with E-state index >= 15 is 0 Å². The average molecular weight is 497 g/mol. The number of fused-ring (bicyclic) bond motifs is 3. The van der Waals surface area contributed by atoms with Crippen molar-refractivity contribution in [3.63, 3.8) is 0 Å². The van der Waals surface area contributed by atoms with Crippen molar-refractivity contribution in [2.75, 3.05) is 30.8 Å². The SMILES string of the molecule is COc1cc(F)cc2c1nc(N)n1nc([C@@H]3C[C@H](C)CN(c4cn(C(C)(C)[C@H](C)O)nc4C)C3)nc21. The number of hydrogen-bond acceptors (Lipinski definition) is 8. The van der Waals surface area contributed by atoms with E-state index in [-0.39, 0.29) is 11.9 Å². The van der Waals surface area contributed by atoms with Crippen molar-refractivity contribution in [3.05, 3.63) is 35.7 Å². The molecule has 5 rings (SSSR count). The van der Waals surface area contributed by atoms with Crippen molar-refractivity contribution in [1.29, 1.82) is 0 Å². The molecule has 1 fully saturated rings. The maximum absolute atomic E-state index is 14.3. The van der Waals surface area contributed by atoms with Gasteiger partial charge in [0.15, 0.2) is 11.5 Å². The highest BCUT2D eigenvalue weighted by molar-refractivity contribution is 5.95. The number of nitrogens with two attached hydrogens (primary N) is 1. The van der Waals surface area contributed by atoms with E-state index in [0.29, 0.717) is 40.6 Å². The number of halogens is 1. The van der Waals surface area contributed by atoms with E-state index < -0.39 is 17.5 Å². The number of hydrogen-bond donors (Lipinski definition) is 2. The molecule has 0 saturated carbocycles. The highest BCUT2D eigenvalue weighted by atomic mass is 19.1. The van der Waals surface area contributed by atoms with Crippen LogP contribution in [0.15, 0.2) is 18.3 Å². The summed E-state index contributed by atoms with van der Waals surface area (Å²) in [7, 11) is 1.47. The van der Waals surface area contributed by atoms with Crippen molar-refractivity contribution in [2.24, 2.45) is 5.92 Å². The Kier molecular flexibility index (Phi) is 5.77. The number of anilines is 2. The van der Waals surface area contributed by atoms with Crippen molar-refractivity contribution >= 4 is 28.2 Å². The largest absolute Gasteiger partial charge is 0.494 e. The van der Waals surface area contributed by atoms with Gasteiger partial charge in [0.1, 0.15) is 17.1 Å². The van der Waals surface area contributed by atoms with Crippen LogP contribution in [-0.2, 0) is 5.54 Å². The van der Waals surface area contributed by atoms with Crippen LogP contribution in [0.4, 0.5) is 16.0 Å². The molecule has 10 nitrogen and oxygen atoms in total. The molecule has 36 heavy (non-hydrogen) atoms. The number of aliphatic hydroxyl groups excluding tert-OH is 1. The molecule has 4 heterocycles. The van der Waals surface area contributed by atoms with Crippen molar-refractivity contribution in [3.8, 4) is 5.75 Å². The summed E-state index contributed by atoms with van der Waals surface area (Å²) in [5.41, 5.74) is 8.53. The fourth-order valence-electron chi connectivity index (χ4n) is 5.00. The summed E-state index contributed by atoms with van der Waals surface area (Å²) in [5, 5.41) is 20.2. The molecule has 3 aromatic heterocycles. The minimum atomic E-state index is -0.558. The van der Waals surface area contributed by atoms with Gasteiger partial charge in [0.05, 0.1) is 35.5 Å². The molecular formula is C25H33FN8O2. The molecule has 4 aromatic rings. The van der Waals surface area contributed by atoms with Gasteiger partial charge in [-0.05, 0) is 46.1 Å². The molecular weight excluding hydrogens is 463 g/mol. The van der Waals surface area contributed by atoms with Crippen LogP contribution in [0.5, 0.6) is 5.75 Å². The molecule has 1 aromatic carbocycles. The number of ether oxygens (including phenoxy) is 1. The fraction of sp³-hybridized carbons (Fsp3) is 0.520. The van der Waals surface area contributed by atoms with Gasteiger partial charge in [0, 0.05) is 31.3 Å². The Morgan fingerprint density at radius 3 is 2.67 bits per heavy atom. The standard InChI is InChI=1S/C25H33FN8O2/c1-13-7-16(11-32(10-13)19-12-33(30-14(19)2)25(4,5)15(3)35)22-29-23-18-8-17(26)9-20(36-6)21(18)28-24(27)34(23)31-22/h8-9,12-13,15-16,35H,7,10-11H2,1-6H3,(H2,27,28)/t13-,15-,16+/m0/s1. The van der Waals surface area contributed by atoms with Gasteiger partial charge in [-0.3, -0.25) is 4.68 Å². The maximum atomic E-state index is 14.3. The van der Waals surface area contributed by atoms with Gasteiger partial charge in [0.25, 0.3) is 0 Å². The van der Waals surface area contributed by atoms with E-state index in [9.17, 15) is 9.50 Å². The monoisotopic (exact) mass is 496 g/mol. The lowest BCUT2D eigenvalue weighted by Gasteiger charge is -2.36. The summed E-state index contributed by atoms with van der Waals surface area (Å²) in [4.78, 5) is 11.5. The van der Waals surface area contributed by atoms with Crippen molar-refractivity contribution in [1.82, 2.24) is 29.4 Å². The molecule has 1 aliphatic rings. The predicted molar refractivity (Wildman–Crippen MR) is 136 cm³/mol. The van der Waals surface area contributed by atoms with E-state index in [0.717, 1.165) is 24.3 Å². The molecule has 11 heteroatoms. The first-order chi connectivity index (χ1) is 17.0. The zero-order valence-electron chi connectivity index (χ0n) is 21.5. The van der Waals surface area contributed by atoms with Crippen molar-refractivity contribution < 1.29 is 14.2 Å². The second-order valence-corrected chi connectivity index (χ2v) is 10.5. The topological polar surface area (TPSA) is 120 Å². The van der Waals surface area contributed by atoms with E-state index in [2.05, 4.69) is 16.8 Å². The van der Waals surface area contributed by atoms with Gasteiger partial charge in [-0.1, -0.05) is 6.92 Å². The molecule has 0 aliphatic carbocycles. The van der Waals surface area contributed by atoms with Crippen molar-refractivity contribution in [2.45, 2.75) is 58.6 Å². The molecule has 3 atom stereocenters.